The average Bonchev–Trinajstić information content (AvgIpc) is 1.72. The van der Waals surface area contributed by atoms with Crippen LogP contribution in [0.4, 0.5) is 0 Å². The number of Topliss-reactive ketones (excluding diaryl/α,β-unsaturated/α-hetero) is 2. The van der Waals surface area contributed by atoms with Crippen molar-refractivity contribution < 1.29 is 86.9 Å². The molecule has 0 aliphatic carbocycles. The fraction of sp³-hybridized carbons (Fsp3) is 0.619. The number of likely N-dealkylation sites (tertiary alicyclic amines) is 2. The normalized spacial score (nSPS) is 16.4. The predicted octanol–water partition coefficient (Wildman–Crippen LogP) is 0.115. The lowest BCUT2D eigenvalue weighted by Crippen LogP contribution is -2.57. The standard InChI is InChI=1S/C84H129N19O18/c1-51(2)42-62(76(115)95-49-71(110)90-38-19-41-103-73(112)33-34-74(103)113)99-77(116)63(45-54-20-11-10-12-21-54)97-72(111)50-94-70(109)32-31-69(108)89-35-14-13-23-61(96-53(5)104)78(117)101-39-17-22-57(101)48-93-64(43-52(3)4)79(118)102-40-18-26-66(102)80(119)100(9)65(25-16-37-92-83(87)88)68(107)47-59(84(6,7)8)75(114)98-60(24-15-36-91-82(85)86)67(106)46-56(81(120)121)44-55-27-29-58(105)30-28-55/h10-12,20-21,27-30,33-34,51-52,56-57,59-66,93,105H,13-19,22-26,31-32,35-50H2,1-9H3,(H,89,108)(H,90,110)(H,94,109)(H,95,115)(H,96,104)(H,97,111)(H,98,114)(H,99,116)(H,120,121)(H4,85,86,91)(H4,87,88,92)/t56-,57+,59-,60+,61+,62+,63+,64+,65+,66+/m1/s1. The lowest BCUT2D eigenvalue weighted by atomic mass is 9.76. The van der Waals surface area contributed by atoms with Gasteiger partial charge in [0.05, 0.1) is 37.1 Å². The van der Waals surface area contributed by atoms with Crippen molar-refractivity contribution in [2.45, 2.75) is 232 Å². The minimum atomic E-state index is -1.25. The molecule has 3 aliphatic rings. The number of ketones is 2. The van der Waals surface area contributed by atoms with Gasteiger partial charge in [-0.1, -0.05) is 90.9 Å². The van der Waals surface area contributed by atoms with Crippen LogP contribution in [0.25, 0.3) is 0 Å². The molecule has 2 aromatic carbocycles. The third kappa shape index (κ3) is 35.4. The highest BCUT2D eigenvalue weighted by Crippen LogP contribution is 2.33. The van der Waals surface area contributed by atoms with Crippen LogP contribution in [-0.4, -0.2) is 257 Å². The number of aromatic hydroxyl groups is 1. The Bertz CT molecular complexity index is 3960. The number of nitrogens with zero attached hydrogens (tertiary/aromatic N) is 6. The summed E-state index contributed by atoms with van der Waals surface area (Å²) in [6.07, 6.45) is 5.15. The number of unbranched alkanes of at least 4 members (excludes halogenated alkanes) is 1. The number of benzene rings is 2. The van der Waals surface area contributed by atoms with Gasteiger partial charge in [-0.25, -0.2) is 0 Å². The van der Waals surface area contributed by atoms with Crippen LogP contribution in [0.3, 0.4) is 0 Å². The number of phenolic OH excluding ortho intramolecular Hbond substituents is 1. The Morgan fingerprint density at radius 2 is 1.12 bits per heavy atom. The second-order valence-corrected chi connectivity index (χ2v) is 33.2. The third-order valence-corrected chi connectivity index (χ3v) is 21.3. The number of carboxylic acid groups (broad SMARTS) is 1. The van der Waals surface area contributed by atoms with Gasteiger partial charge in [0.1, 0.15) is 29.9 Å². The van der Waals surface area contributed by atoms with Gasteiger partial charge in [0.15, 0.2) is 23.5 Å². The van der Waals surface area contributed by atoms with Crippen LogP contribution < -0.4 is 70.8 Å². The molecule has 0 saturated carbocycles. The summed E-state index contributed by atoms with van der Waals surface area (Å²) in [6.45, 7) is 14.5. The number of carbonyl (C=O) groups is 16. The molecule has 37 nitrogen and oxygen atoms in total. The van der Waals surface area contributed by atoms with E-state index in [4.69, 9.17) is 22.9 Å². The number of imide groups is 1. The molecule has 10 atom stereocenters. The number of amides is 13. The maximum atomic E-state index is 15.0. The number of carbonyl (C=O) groups excluding carboxylic acids is 15. The van der Waals surface area contributed by atoms with E-state index in [0.717, 1.165) is 17.1 Å². The van der Waals surface area contributed by atoms with Gasteiger partial charge in [-0.3, -0.25) is 91.6 Å². The molecule has 37 heteroatoms. The average molecular weight is 1690 g/mol. The van der Waals surface area contributed by atoms with Crippen molar-refractivity contribution >= 4 is 106 Å². The fourth-order valence-corrected chi connectivity index (χ4v) is 14.8. The summed E-state index contributed by atoms with van der Waals surface area (Å²) in [5.74, 6) is -12.1. The number of hydrogen-bond acceptors (Lipinski definition) is 20. The van der Waals surface area contributed by atoms with Crippen LogP contribution in [0.15, 0.2) is 76.7 Å². The summed E-state index contributed by atoms with van der Waals surface area (Å²) in [5.41, 5.74) is 22.8. The topological polar surface area (TPSA) is 564 Å². The van der Waals surface area contributed by atoms with Gasteiger partial charge >= 0.3 is 5.97 Å². The number of aliphatic carboxylic acids is 1. The van der Waals surface area contributed by atoms with Crippen molar-refractivity contribution in [3.05, 3.63) is 77.9 Å². The predicted molar refractivity (Wildman–Crippen MR) is 451 cm³/mol. The van der Waals surface area contributed by atoms with Crippen molar-refractivity contribution in [2.75, 3.05) is 72.5 Å². The zero-order valence-corrected chi connectivity index (χ0v) is 71.4. The zero-order chi connectivity index (χ0) is 89.6. The Hall–Kier alpha value is -11.4. The number of guanidine groups is 2. The maximum absolute atomic E-state index is 15.0. The van der Waals surface area contributed by atoms with Crippen LogP contribution in [0.5, 0.6) is 5.75 Å². The Labute approximate surface area is 707 Å². The molecule has 3 heterocycles. The van der Waals surface area contributed by atoms with Crippen LogP contribution in [-0.2, 0) is 89.6 Å². The Morgan fingerprint density at radius 3 is 1.73 bits per heavy atom. The zero-order valence-electron chi connectivity index (χ0n) is 71.4. The fourth-order valence-electron chi connectivity index (χ4n) is 14.8. The number of hydrogen-bond donors (Lipinski definition) is 15. The van der Waals surface area contributed by atoms with E-state index in [1.165, 1.54) is 35.9 Å². The maximum Gasteiger partial charge on any atom is 0.307 e. The number of phenols is 1. The van der Waals surface area contributed by atoms with E-state index in [2.05, 4.69) is 57.8 Å². The molecule has 2 aromatic rings. The van der Waals surface area contributed by atoms with Gasteiger partial charge in [-0.2, -0.15) is 0 Å². The molecule has 121 heavy (non-hydrogen) atoms. The Balaban J connectivity index is 1.14. The first-order chi connectivity index (χ1) is 57.2. The largest absolute Gasteiger partial charge is 0.508 e. The monoisotopic (exact) mass is 1690 g/mol. The minimum Gasteiger partial charge on any atom is -0.508 e. The molecule has 0 spiro atoms. The lowest BCUT2D eigenvalue weighted by Gasteiger charge is -2.36. The highest BCUT2D eigenvalue weighted by Gasteiger charge is 2.44. The van der Waals surface area contributed by atoms with Crippen molar-refractivity contribution in [1.29, 1.82) is 0 Å². The molecular formula is C84H129N19O18. The van der Waals surface area contributed by atoms with E-state index < -0.39 is 168 Å². The molecule has 19 N–H and O–H groups in total. The molecule has 0 radical (unpaired) electrons. The molecule has 2 saturated heterocycles. The van der Waals surface area contributed by atoms with Gasteiger partial charge in [-0.05, 0) is 137 Å². The number of carboxylic acids is 1. The van der Waals surface area contributed by atoms with Gasteiger partial charge < -0.3 is 95.7 Å². The molecule has 0 bridgehead atoms. The molecule has 0 unspecified atom stereocenters. The summed E-state index contributed by atoms with van der Waals surface area (Å²) in [6, 6.07) is 6.85. The summed E-state index contributed by atoms with van der Waals surface area (Å²) in [7, 11) is 1.48. The summed E-state index contributed by atoms with van der Waals surface area (Å²) in [5, 5.41) is 44.8. The Morgan fingerprint density at radius 1 is 0.562 bits per heavy atom. The third-order valence-electron chi connectivity index (χ3n) is 21.3. The van der Waals surface area contributed by atoms with Crippen LogP contribution in [0, 0.1) is 29.1 Å². The molecule has 3 aliphatic heterocycles. The van der Waals surface area contributed by atoms with Crippen LogP contribution >= 0.6 is 0 Å². The summed E-state index contributed by atoms with van der Waals surface area (Å²) in [4.78, 5) is 230. The second kappa shape index (κ2) is 50.6. The molecule has 0 aromatic heterocycles. The smallest absolute Gasteiger partial charge is 0.307 e. The molecule has 668 valence electrons. The lowest BCUT2D eigenvalue weighted by molar-refractivity contribution is -0.148. The SMILES string of the molecule is CC(=O)N[C@@H](CCCCNC(=O)CCC(=O)NCC(=O)N[C@@H](Cc1ccccc1)C(=O)N[C@@H](CC(C)C)C(=O)NCC(=O)NCCCN1C(=O)C=CC1=O)C(=O)N1CCC[C@H]1CN[C@@H](CC(C)C)C(=O)N1CCC[C@H]1C(=O)N(C)[C@@H](CCCN=C(N)N)C(=O)C[C@H](C(=O)N[C@@H](CCCN=C(N)N)C(=O)C[C@@H](Cc1ccc(O)cc1)C(=O)O)C(C)(C)C. The highest BCUT2D eigenvalue weighted by molar-refractivity contribution is 6.13. The van der Waals surface area contributed by atoms with Crippen LogP contribution in [0.2, 0.25) is 0 Å². The van der Waals surface area contributed by atoms with E-state index in [0.29, 0.717) is 56.2 Å². The van der Waals surface area contributed by atoms with E-state index in [1.807, 2.05) is 27.7 Å². The highest BCUT2D eigenvalue weighted by atomic mass is 16.4. The molecule has 5 rings (SSSR count). The number of rotatable bonds is 53. The number of nitrogens with two attached hydrogens (primary N) is 4. The first-order valence-electron chi connectivity index (χ1n) is 41.8. The minimum absolute atomic E-state index is 0.00733. The molecular weight excluding hydrogens is 1560 g/mol. The van der Waals surface area contributed by atoms with Crippen molar-refractivity contribution in [1.82, 2.24) is 67.5 Å². The van der Waals surface area contributed by atoms with E-state index in [-0.39, 0.29) is 170 Å². The van der Waals surface area contributed by atoms with E-state index >= 15 is 14.4 Å². The van der Waals surface area contributed by atoms with Crippen molar-refractivity contribution in [3.63, 3.8) is 0 Å². The number of likely N-dealkylation sites (N-methyl/N-ethyl adjacent to an activating group) is 1. The quantitative estimate of drug-likeness (QED) is 0.0181. The number of aliphatic imine (C=N–C) groups is 2. The molecule has 13 amide bonds. The van der Waals surface area contributed by atoms with Gasteiger partial charge in [0.2, 0.25) is 65.0 Å². The van der Waals surface area contributed by atoms with Gasteiger partial charge in [0.25, 0.3) is 11.8 Å². The summed E-state index contributed by atoms with van der Waals surface area (Å²) >= 11 is 0. The summed E-state index contributed by atoms with van der Waals surface area (Å²) < 4.78 is 0. The van der Waals surface area contributed by atoms with Crippen LogP contribution in [0.1, 0.15) is 182 Å². The van der Waals surface area contributed by atoms with E-state index in [9.17, 15) is 72.5 Å². The second-order valence-electron chi connectivity index (χ2n) is 33.2. The number of nitrogens with one attached hydrogen (secondary N) is 9. The Kier molecular flexibility index (Phi) is 41.9. The first kappa shape index (κ1) is 100. The first-order valence-corrected chi connectivity index (χ1v) is 41.8. The van der Waals surface area contributed by atoms with Crippen molar-refractivity contribution in [2.24, 2.45) is 62.0 Å². The van der Waals surface area contributed by atoms with E-state index in [1.54, 1.807) is 68.1 Å². The van der Waals surface area contributed by atoms with Gasteiger partial charge in [0, 0.05) is 123 Å². The van der Waals surface area contributed by atoms with Crippen molar-refractivity contribution in [3.8, 4) is 5.75 Å². The molecule has 2 fully saturated rings. The van der Waals surface area contributed by atoms with Gasteiger partial charge in [-0.15, -0.1) is 0 Å².